The highest BCUT2D eigenvalue weighted by Gasteiger charge is 2.56. The van der Waals surface area contributed by atoms with Crippen molar-refractivity contribution in [3.05, 3.63) is 82.9 Å². The number of carbonyl (C=O) groups is 1. The van der Waals surface area contributed by atoms with Crippen molar-refractivity contribution < 1.29 is 9.53 Å². The van der Waals surface area contributed by atoms with Crippen LogP contribution in [0.1, 0.15) is 54.7 Å². The fourth-order valence-electron chi connectivity index (χ4n) is 5.99. The summed E-state index contributed by atoms with van der Waals surface area (Å²) in [5, 5.41) is 8.15. The quantitative estimate of drug-likeness (QED) is 0.331. The summed E-state index contributed by atoms with van der Waals surface area (Å²) in [5.74, 6) is 1.23. The summed E-state index contributed by atoms with van der Waals surface area (Å²) in [4.78, 5) is 20.2. The molecular weight excluding hydrogens is 462 g/mol. The van der Waals surface area contributed by atoms with Crippen LogP contribution in [0.5, 0.6) is 11.5 Å². The Labute approximate surface area is 218 Å². The molecule has 37 heavy (non-hydrogen) atoms. The predicted molar refractivity (Wildman–Crippen MR) is 149 cm³/mol. The fourth-order valence-corrected chi connectivity index (χ4v) is 5.99. The molecule has 3 aromatic carbocycles. The van der Waals surface area contributed by atoms with Gasteiger partial charge in [0.15, 0.2) is 0 Å². The number of hydrogen-bond acceptors (Lipinski definition) is 5. The molecule has 2 aliphatic heterocycles. The first-order valence-corrected chi connectivity index (χ1v) is 13.1. The number of ether oxygens (including phenoxy) is 1. The summed E-state index contributed by atoms with van der Waals surface area (Å²) in [5.41, 5.74) is 10.4. The number of nitrogens with two attached hydrogens (primary N) is 1. The van der Waals surface area contributed by atoms with E-state index >= 15 is 0 Å². The van der Waals surface area contributed by atoms with E-state index in [1.165, 1.54) is 0 Å². The molecule has 0 saturated carbocycles. The number of carbonyl (C=O) groups excluding carboxylic acids is 1. The van der Waals surface area contributed by atoms with Crippen LogP contribution in [0.15, 0.2) is 60.7 Å². The van der Waals surface area contributed by atoms with Gasteiger partial charge >= 0.3 is 0 Å². The Balaban J connectivity index is 1.84. The number of hydrogen-bond donors (Lipinski definition) is 2. The van der Waals surface area contributed by atoms with Gasteiger partial charge in [0.25, 0.3) is 5.91 Å². The Morgan fingerprint density at radius 1 is 0.838 bits per heavy atom. The fraction of sp³-hybridized carbons (Fsp3) is 0.333. The molecule has 2 aliphatic rings. The summed E-state index contributed by atoms with van der Waals surface area (Å²) in [6.07, 6.45) is 0. The topological polar surface area (TPSA) is 85.9 Å². The SMILES string of the molecule is CCN(CC)c1ccc2c(c1)Oc1cc(N(CC)CC)ccc1C21c2ccccc2C(=O)N1CC(=N)N. The van der Waals surface area contributed by atoms with Gasteiger partial charge in [0.2, 0.25) is 0 Å². The van der Waals surface area contributed by atoms with Crippen molar-refractivity contribution in [3.8, 4) is 11.5 Å². The number of nitrogens with zero attached hydrogens (tertiary/aromatic N) is 3. The average molecular weight is 498 g/mol. The van der Waals surface area contributed by atoms with Crippen LogP contribution < -0.4 is 20.3 Å². The molecule has 0 radical (unpaired) electrons. The molecule has 7 nitrogen and oxygen atoms in total. The molecule has 0 unspecified atom stereocenters. The molecule has 3 aromatic rings. The molecule has 0 aliphatic carbocycles. The number of anilines is 2. The summed E-state index contributed by atoms with van der Waals surface area (Å²) >= 11 is 0. The molecule has 0 atom stereocenters. The van der Waals surface area contributed by atoms with Crippen LogP contribution in [-0.2, 0) is 5.54 Å². The van der Waals surface area contributed by atoms with E-state index in [0.717, 1.165) is 54.2 Å². The molecule has 1 spiro atoms. The van der Waals surface area contributed by atoms with Crippen LogP contribution in [0.3, 0.4) is 0 Å². The van der Waals surface area contributed by atoms with E-state index in [1.54, 1.807) is 4.90 Å². The number of rotatable bonds is 8. The molecule has 0 saturated heterocycles. The lowest BCUT2D eigenvalue weighted by Crippen LogP contribution is -2.50. The van der Waals surface area contributed by atoms with Gasteiger partial charge in [-0.1, -0.05) is 30.3 Å². The molecule has 0 bridgehead atoms. The summed E-state index contributed by atoms with van der Waals surface area (Å²) in [6.45, 7) is 12.1. The van der Waals surface area contributed by atoms with Crippen LogP contribution in [0.25, 0.3) is 0 Å². The highest BCUT2D eigenvalue weighted by Crippen LogP contribution is 2.58. The lowest BCUT2D eigenvalue weighted by Gasteiger charge is -2.44. The smallest absolute Gasteiger partial charge is 0.255 e. The number of amides is 1. The van der Waals surface area contributed by atoms with E-state index in [9.17, 15) is 4.79 Å². The second-order valence-electron chi connectivity index (χ2n) is 9.48. The maximum atomic E-state index is 13.9. The standard InChI is InChI=1S/C30H35N5O2/c1-5-33(6-2)20-13-15-24-26(17-20)37-27-18-21(34(7-3)8-4)14-16-25(27)30(24)23-12-10-9-11-22(23)29(36)35(30)19-28(31)32/h9-18H,5-8,19H2,1-4H3,(H3,31,32). The highest BCUT2D eigenvalue weighted by molar-refractivity contribution is 6.04. The van der Waals surface area contributed by atoms with Crippen LogP contribution in [0.4, 0.5) is 11.4 Å². The van der Waals surface area contributed by atoms with E-state index in [1.807, 2.05) is 24.3 Å². The van der Waals surface area contributed by atoms with Gasteiger partial charge in [0.05, 0.1) is 6.54 Å². The second kappa shape index (κ2) is 9.47. The maximum Gasteiger partial charge on any atom is 0.255 e. The van der Waals surface area contributed by atoms with Gasteiger partial charge < -0.3 is 25.2 Å². The normalized spacial score (nSPS) is 14.6. The summed E-state index contributed by atoms with van der Waals surface area (Å²) < 4.78 is 6.65. The first-order valence-electron chi connectivity index (χ1n) is 13.1. The van der Waals surface area contributed by atoms with Crippen molar-refractivity contribution in [3.63, 3.8) is 0 Å². The van der Waals surface area contributed by atoms with Gasteiger partial charge in [-0.15, -0.1) is 0 Å². The number of amidine groups is 1. The largest absolute Gasteiger partial charge is 0.456 e. The van der Waals surface area contributed by atoms with E-state index in [0.29, 0.717) is 17.1 Å². The van der Waals surface area contributed by atoms with Crippen LogP contribution in [0.2, 0.25) is 0 Å². The Hall–Kier alpha value is -4.00. The summed E-state index contributed by atoms with van der Waals surface area (Å²) in [6, 6.07) is 20.2. The lowest BCUT2D eigenvalue weighted by molar-refractivity contribution is 0.0702. The van der Waals surface area contributed by atoms with Gasteiger partial charge in [0.1, 0.15) is 22.9 Å². The zero-order valence-corrected chi connectivity index (χ0v) is 22.0. The monoisotopic (exact) mass is 497 g/mol. The van der Waals surface area contributed by atoms with Crippen molar-refractivity contribution in [2.24, 2.45) is 5.73 Å². The van der Waals surface area contributed by atoms with Crippen LogP contribution in [-0.4, -0.2) is 49.4 Å². The summed E-state index contributed by atoms with van der Waals surface area (Å²) in [7, 11) is 0. The number of benzene rings is 3. The number of fused-ring (bicyclic) bond motifs is 6. The van der Waals surface area contributed by atoms with Gasteiger partial charge in [0, 0.05) is 66.4 Å². The molecule has 3 N–H and O–H groups in total. The predicted octanol–water partition coefficient (Wildman–Crippen LogP) is 5.17. The molecule has 0 fully saturated rings. The molecule has 2 heterocycles. The molecule has 1 amide bonds. The van der Waals surface area contributed by atoms with Crippen molar-refractivity contribution in [2.45, 2.75) is 33.2 Å². The van der Waals surface area contributed by atoms with Crippen molar-refractivity contribution >= 4 is 23.1 Å². The van der Waals surface area contributed by atoms with Crippen LogP contribution >= 0.6 is 0 Å². The Morgan fingerprint density at radius 2 is 1.35 bits per heavy atom. The minimum Gasteiger partial charge on any atom is -0.456 e. The molecular formula is C30H35N5O2. The van der Waals surface area contributed by atoms with Crippen LogP contribution in [0, 0.1) is 5.41 Å². The van der Waals surface area contributed by atoms with E-state index in [4.69, 9.17) is 15.9 Å². The first kappa shape index (κ1) is 24.7. The van der Waals surface area contributed by atoms with Gasteiger partial charge in [-0.25, -0.2) is 0 Å². The van der Waals surface area contributed by atoms with E-state index in [-0.39, 0.29) is 18.3 Å². The van der Waals surface area contributed by atoms with Crippen molar-refractivity contribution in [2.75, 3.05) is 42.5 Å². The minimum absolute atomic E-state index is 0.0159. The van der Waals surface area contributed by atoms with E-state index in [2.05, 4.69) is 73.9 Å². The molecule has 0 aromatic heterocycles. The van der Waals surface area contributed by atoms with Crippen molar-refractivity contribution in [1.29, 1.82) is 5.41 Å². The van der Waals surface area contributed by atoms with E-state index < -0.39 is 5.54 Å². The lowest BCUT2D eigenvalue weighted by atomic mass is 9.74. The first-order chi connectivity index (χ1) is 17.9. The molecule has 7 heteroatoms. The van der Waals surface area contributed by atoms with Gasteiger partial charge in [-0.3, -0.25) is 10.2 Å². The number of nitrogens with one attached hydrogen (secondary N) is 1. The van der Waals surface area contributed by atoms with Gasteiger partial charge in [-0.2, -0.15) is 0 Å². The Kier molecular flexibility index (Phi) is 6.31. The third-order valence-electron chi connectivity index (χ3n) is 7.71. The third-order valence-corrected chi connectivity index (χ3v) is 7.71. The third kappa shape index (κ3) is 3.64. The van der Waals surface area contributed by atoms with Crippen molar-refractivity contribution in [1.82, 2.24) is 4.90 Å². The zero-order valence-electron chi connectivity index (χ0n) is 22.0. The van der Waals surface area contributed by atoms with Gasteiger partial charge in [-0.05, 0) is 51.5 Å². The minimum atomic E-state index is -0.953. The second-order valence-corrected chi connectivity index (χ2v) is 9.48. The molecule has 192 valence electrons. The highest BCUT2D eigenvalue weighted by atomic mass is 16.5. The Morgan fingerprint density at radius 3 is 1.84 bits per heavy atom. The zero-order chi connectivity index (χ0) is 26.3. The molecule has 5 rings (SSSR count). The Bertz CT molecular complexity index is 1300. The average Bonchev–Trinajstić information content (AvgIpc) is 3.14. The maximum absolute atomic E-state index is 13.9.